The van der Waals surface area contributed by atoms with E-state index in [0.717, 1.165) is 6.21 Å². The standard InChI is InChI=1S/C6H6N2O/c1-2-3-4-6(9)5-8-7/h1,5H,3-4H2. The summed E-state index contributed by atoms with van der Waals surface area (Å²) in [6.45, 7) is 0. The van der Waals surface area contributed by atoms with Crippen LogP contribution in [0.4, 0.5) is 0 Å². The number of carbonyl (C=O) groups is 1. The smallest absolute Gasteiger partial charge is 0.323 e. The molecule has 0 atom stereocenters. The summed E-state index contributed by atoms with van der Waals surface area (Å²) in [5.74, 6) is 2.04. The Labute approximate surface area is 53.3 Å². The van der Waals surface area contributed by atoms with Crippen LogP contribution in [0.1, 0.15) is 12.8 Å². The summed E-state index contributed by atoms with van der Waals surface area (Å²) >= 11 is 0. The summed E-state index contributed by atoms with van der Waals surface area (Å²) in [6, 6.07) is 0. The van der Waals surface area contributed by atoms with Crippen LogP contribution >= 0.6 is 0 Å². The number of Topliss-reactive ketones (excluding diaryl/α,β-unsaturated/α-hetero) is 1. The van der Waals surface area contributed by atoms with Crippen LogP contribution in [-0.4, -0.2) is 16.8 Å². The molecule has 0 N–H and O–H groups in total. The highest BCUT2D eigenvalue weighted by molar-refractivity contribution is 6.25. The van der Waals surface area contributed by atoms with Gasteiger partial charge in [0.15, 0.2) is 0 Å². The predicted octanol–water partition coefficient (Wildman–Crippen LogP) is 0.269. The third-order valence-electron chi connectivity index (χ3n) is 0.717. The molecule has 0 aromatic carbocycles. The molecule has 0 rings (SSSR count). The summed E-state index contributed by atoms with van der Waals surface area (Å²) in [5, 5.41) is 0. The number of ketones is 1. The minimum absolute atomic E-state index is 0.251. The second-order valence-electron chi connectivity index (χ2n) is 1.42. The van der Waals surface area contributed by atoms with Gasteiger partial charge in [-0.05, 0) is 0 Å². The Kier molecular flexibility index (Phi) is 4.03. The van der Waals surface area contributed by atoms with Crippen molar-refractivity contribution in [3.05, 3.63) is 5.53 Å². The zero-order valence-corrected chi connectivity index (χ0v) is 4.87. The second kappa shape index (κ2) is 4.76. The SMILES string of the molecule is C#CCCC(=O)C=[N+]=[N-]. The Morgan fingerprint density at radius 3 is 3.00 bits per heavy atom. The maximum absolute atomic E-state index is 10.4. The average molecular weight is 122 g/mol. The lowest BCUT2D eigenvalue weighted by Crippen LogP contribution is -1.97. The number of carbonyl (C=O) groups excluding carboxylic acids is 1. The van der Waals surface area contributed by atoms with Gasteiger partial charge in [-0.2, -0.15) is 4.79 Å². The molecule has 0 fully saturated rings. The molecule has 0 saturated carbocycles. The molecule has 0 saturated heterocycles. The van der Waals surface area contributed by atoms with Crippen LogP contribution in [0.25, 0.3) is 5.53 Å². The molecule has 3 heteroatoms. The zero-order valence-electron chi connectivity index (χ0n) is 4.87. The largest absolute Gasteiger partial charge is 0.361 e. The molecule has 0 bridgehead atoms. The highest BCUT2D eigenvalue weighted by Crippen LogP contribution is 1.83. The van der Waals surface area contributed by atoms with Crippen molar-refractivity contribution in [2.45, 2.75) is 12.8 Å². The summed E-state index contributed by atoms with van der Waals surface area (Å²) in [4.78, 5) is 12.9. The Hall–Kier alpha value is -1.39. The minimum atomic E-state index is -0.254. The first-order valence-electron chi connectivity index (χ1n) is 2.45. The van der Waals surface area contributed by atoms with Crippen molar-refractivity contribution < 1.29 is 9.58 Å². The van der Waals surface area contributed by atoms with Gasteiger partial charge in [0.05, 0.1) is 0 Å². The highest BCUT2D eigenvalue weighted by atomic mass is 16.1. The zero-order chi connectivity index (χ0) is 7.11. The van der Waals surface area contributed by atoms with Crippen molar-refractivity contribution in [2.75, 3.05) is 0 Å². The average Bonchev–Trinajstić information content (AvgIpc) is 1.85. The normalized spacial score (nSPS) is 7.00. The first-order valence-corrected chi connectivity index (χ1v) is 2.45. The van der Waals surface area contributed by atoms with Crippen molar-refractivity contribution in [2.24, 2.45) is 0 Å². The number of hydrogen-bond donors (Lipinski definition) is 0. The molecule has 0 aromatic rings. The molecule has 0 aromatic heterocycles. The topological polar surface area (TPSA) is 53.5 Å². The molecule has 0 unspecified atom stereocenters. The second-order valence-corrected chi connectivity index (χ2v) is 1.42. The van der Waals surface area contributed by atoms with Crippen LogP contribution in [0.2, 0.25) is 0 Å². The van der Waals surface area contributed by atoms with Crippen molar-refractivity contribution in [3.8, 4) is 12.3 Å². The van der Waals surface area contributed by atoms with E-state index < -0.39 is 0 Å². The Bertz CT molecular complexity index is 184. The van der Waals surface area contributed by atoms with Crippen LogP contribution in [0.5, 0.6) is 0 Å². The number of hydrogen-bond acceptors (Lipinski definition) is 1. The monoisotopic (exact) mass is 122 g/mol. The number of terminal acetylenes is 1. The van der Waals surface area contributed by atoms with E-state index >= 15 is 0 Å². The molecule has 0 radical (unpaired) electrons. The van der Waals surface area contributed by atoms with Gasteiger partial charge in [-0.25, -0.2) is 0 Å². The molecular weight excluding hydrogens is 116 g/mol. The molecule has 0 aliphatic rings. The van der Waals surface area contributed by atoms with E-state index in [1.54, 1.807) is 0 Å². The fourth-order valence-electron chi connectivity index (χ4n) is 0.324. The minimum Gasteiger partial charge on any atom is -0.361 e. The lowest BCUT2D eigenvalue weighted by molar-refractivity contribution is -0.115. The van der Waals surface area contributed by atoms with Crippen LogP contribution in [0, 0.1) is 12.3 Å². The molecule has 0 amide bonds. The van der Waals surface area contributed by atoms with Crippen LogP contribution in [0.15, 0.2) is 0 Å². The van der Waals surface area contributed by atoms with E-state index in [0.29, 0.717) is 6.42 Å². The van der Waals surface area contributed by atoms with Crippen LogP contribution in [-0.2, 0) is 4.79 Å². The molecule has 3 nitrogen and oxygen atoms in total. The molecule has 0 aliphatic carbocycles. The van der Waals surface area contributed by atoms with E-state index in [9.17, 15) is 4.79 Å². The van der Waals surface area contributed by atoms with Crippen molar-refractivity contribution in [1.82, 2.24) is 0 Å². The Balaban J connectivity index is 3.54. The Morgan fingerprint density at radius 1 is 1.89 bits per heavy atom. The van der Waals surface area contributed by atoms with Crippen molar-refractivity contribution in [3.63, 3.8) is 0 Å². The van der Waals surface area contributed by atoms with Gasteiger partial charge in [0.2, 0.25) is 5.78 Å². The maximum Gasteiger partial charge on any atom is 0.323 e. The fraction of sp³-hybridized carbons (Fsp3) is 0.333. The van der Waals surface area contributed by atoms with E-state index in [1.807, 2.05) is 0 Å². The van der Waals surface area contributed by atoms with Gasteiger partial charge >= 0.3 is 6.21 Å². The maximum atomic E-state index is 10.4. The van der Waals surface area contributed by atoms with Gasteiger partial charge in [-0.1, -0.05) is 0 Å². The summed E-state index contributed by atoms with van der Waals surface area (Å²) in [7, 11) is 0. The quantitative estimate of drug-likeness (QED) is 0.229. The third kappa shape index (κ3) is 4.46. The van der Waals surface area contributed by atoms with Crippen LogP contribution < -0.4 is 0 Å². The van der Waals surface area contributed by atoms with Gasteiger partial charge in [0.25, 0.3) is 0 Å². The summed E-state index contributed by atoms with van der Waals surface area (Å²) in [5.41, 5.74) is 7.83. The van der Waals surface area contributed by atoms with E-state index in [2.05, 4.69) is 10.7 Å². The van der Waals surface area contributed by atoms with Gasteiger partial charge in [0, 0.05) is 12.8 Å². The molecule has 0 aliphatic heterocycles. The highest BCUT2D eigenvalue weighted by Gasteiger charge is 1.98. The molecular formula is C6H6N2O. The lowest BCUT2D eigenvalue weighted by Gasteiger charge is -1.78. The first-order chi connectivity index (χ1) is 4.31. The van der Waals surface area contributed by atoms with Gasteiger partial charge in [-0.3, -0.25) is 4.79 Å². The fourth-order valence-corrected chi connectivity index (χ4v) is 0.324. The Morgan fingerprint density at radius 2 is 2.56 bits per heavy atom. The van der Waals surface area contributed by atoms with Gasteiger partial charge in [0.1, 0.15) is 0 Å². The van der Waals surface area contributed by atoms with E-state index in [-0.39, 0.29) is 12.2 Å². The number of rotatable bonds is 3. The molecule has 0 heterocycles. The van der Waals surface area contributed by atoms with E-state index in [1.165, 1.54) is 0 Å². The predicted molar refractivity (Wildman–Crippen MR) is 32.8 cm³/mol. The summed E-state index contributed by atoms with van der Waals surface area (Å²) in [6.07, 6.45) is 6.35. The van der Waals surface area contributed by atoms with Crippen molar-refractivity contribution >= 4 is 12.0 Å². The summed E-state index contributed by atoms with van der Waals surface area (Å²) < 4.78 is 0. The van der Waals surface area contributed by atoms with Crippen LogP contribution in [0.3, 0.4) is 0 Å². The van der Waals surface area contributed by atoms with Gasteiger partial charge in [-0.15, -0.1) is 12.3 Å². The number of nitrogens with zero attached hydrogens (tertiary/aromatic N) is 2. The first kappa shape index (κ1) is 7.61. The molecule has 0 spiro atoms. The lowest BCUT2D eigenvalue weighted by atomic mass is 10.2. The third-order valence-corrected chi connectivity index (χ3v) is 0.717. The van der Waals surface area contributed by atoms with E-state index in [4.69, 9.17) is 12.0 Å². The molecule has 9 heavy (non-hydrogen) atoms. The van der Waals surface area contributed by atoms with Gasteiger partial charge < -0.3 is 5.53 Å². The molecule has 46 valence electrons. The van der Waals surface area contributed by atoms with Crippen molar-refractivity contribution in [1.29, 1.82) is 0 Å².